The Kier molecular flexibility index (Phi) is 5.63. The molecule has 1 aliphatic heterocycles. The van der Waals surface area contributed by atoms with Gasteiger partial charge in [-0.1, -0.05) is 48.5 Å². The van der Waals surface area contributed by atoms with E-state index in [1.54, 1.807) is 54.6 Å². The molecule has 5 rings (SSSR count). The highest BCUT2D eigenvalue weighted by molar-refractivity contribution is 6.30. The lowest BCUT2D eigenvalue weighted by molar-refractivity contribution is -0.120. The lowest BCUT2D eigenvalue weighted by atomic mass is 9.83. The van der Waals surface area contributed by atoms with E-state index in [1.165, 1.54) is 0 Å². The number of para-hydroxylation sites is 2. The summed E-state index contributed by atoms with van der Waals surface area (Å²) in [6.45, 7) is 4.50. The van der Waals surface area contributed by atoms with Crippen molar-refractivity contribution in [3.05, 3.63) is 89.0 Å². The van der Waals surface area contributed by atoms with Gasteiger partial charge < -0.3 is 15.3 Å². The maximum absolute atomic E-state index is 13.2. The molecule has 34 heavy (non-hydrogen) atoms. The van der Waals surface area contributed by atoms with Gasteiger partial charge >= 0.3 is 0 Å². The van der Waals surface area contributed by atoms with Crippen LogP contribution in [-0.2, 0) is 4.79 Å². The first-order chi connectivity index (χ1) is 16.5. The maximum atomic E-state index is 13.2. The smallest absolute Gasteiger partial charge is 0.241 e. The number of amides is 1. The number of anilines is 2. The van der Waals surface area contributed by atoms with Crippen LogP contribution in [0.25, 0.3) is 0 Å². The predicted molar refractivity (Wildman–Crippen MR) is 130 cm³/mol. The quantitative estimate of drug-likeness (QED) is 0.491. The normalized spacial score (nSPS) is 16.6. The lowest BCUT2D eigenvalue weighted by Crippen LogP contribution is -2.53. The molecule has 1 aliphatic carbocycles. The van der Waals surface area contributed by atoms with Crippen molar-refractivity contribution in [3.8, 4) is 5.75 Å². The van der Waals surface area contributed by atoms with Gasteiger partial charge in [0, 0.05) is 42.9 Å². The summed E-state index contributed by atoms with van der Waals surface area (Å²) in [5, 5.41) is 13.0. The number of phenolic OH excluding ortho intramolecular Hbond substituents is 1. The van der Waals surface area contributed by atoms with Gasteiger partial charge in [0.05, 0.1) is 23.0 Å². The van der Waals surface area contributed by atoms with Gasteiger partial charge in [-0.05, 0) is 25.1 Å². The number of ketones is 2. The number of benzene rings is 3. The monoisotopic (exact) mass is 455 g/mol. The molecule has 0 saturated carbocycles. The zero-order chi connectivity index (χ0) is 23.8. The van der Waals surface area contributed by atoms with Crippen LogP contribution in [0.1, 0.15) is 38.8 Å². The third kappa shape index (κ3) is 3.74. The second-order valence-electron chi connectivity index (χ2n) is 8.61. The summed E-state index contributed by atoms with van der Waals surface area (Å²) in [7, 11) is 0. The summed E-state index contributed by atoms with van der Waals surface area (Å²) >= 11 is 0. The summed E-state index contributed by atoms with van der Waals surface area (Å²) in [4.78, 5) is 43.4. The minimum absolute atomic E-state index is 0.213. The first kappa shape index (κ1) is 21.9. The van der Waals surface area contributed by atoms with Crippen LogP contribution in [0, 0.1) is 0 Å². The Morgan fingerprint density at radius 1 is 0.824 bits per heavy atom. The Bertz CT molecular complexity index is 1290. The van der Waals surface area contributed by atoms with Crippen molar-refractivity contribution >= 4 is 28.8 Å². The number of aromatic hydroxyl groups is 1. The van der Waals surface area contributed by atoms with E-state index in [0.717, 1.165) is 5.69 Å². The summed E-state index contributed by atoms with van der Waals surface area (Å²) in [6, 6.07) is 18.6. The van der Waals surface area contributed by atoms with Crippen LogP contribution in [0.4, 0.5) is 11.4 Å². The van der Waals surface area contributed by atoms with Crippen molar-refractivity contribution in [2.75, 3.05) is 36.4 Å². The van der Waals surface area contributed by atoms with Gasteiger partial charge in [0.15, 0.2) is 11.6 Å². The van der Waals surface area contributed by atoms with Crippen molar-refractivity contribution in [1.82, 2.24) is 4.90 Å². The number of rotatable bonds is 4. The van der Waals surface area contributed by atoms with Crippen molar-refractivity contribution in [3.63, 3.8) is 0 Å². The highest BCUT2D eigenvalue weighted by Crippen LogP contribution is 2.32. The third-order valence-corrected chi connectivity index (χ3v) is 6.67. The highest BCUT2D eigenvalue weighted by atomic mass is 16.3. The van der Waals surface area contributed by atoms with E-state index in [0.29, 0.717) is 48.6 Å². The van der Waals surface area contributed by atoms with E-state index in [4.69, 9.17) is 0 Å². The maximum Gasteiger partial charge on any atom is 0.241 e. The Hall–Kier alpha value is -3.97. The molecule has 1 heterocycles. The SMILES string of the molecule is CC(C(=O)Nc1cccc2c1C(=O)c1ccccc1C2=O)N1CCN(c2ccccc2O)CC1. The number of fused-ring (bicyclic) bond motifs is 2. The van der Waals surface area contributed by atoms with Crippen LogP contribution in [0.5, 0.6) is 5.75 Å². The molecule has 1 saturated heterocycles. The van der Waals surface area contributed by atoms with E-state index in [-0.39, 0.29) is 28.8 Å². The fraction of sp³-hybridized carbons (Fsp3) is 0.222. The molecular weight excluding hydrogens is 430 g/mol. The number of carbonyl (C=O) groups is 3. The molecular formula is C27H25N3O4. The van der Waals surface area contributed by atoms with Gasteiger partial charge in [0.25, 0.3) is 0 Å². The minimum Gasteiger partial charge on any atom is -0.506 e. The van der Waals surface area contributed by atoms with Crippen molar-refractivity contribution in [1.29, 1.82) is 0 Å². The first-order valence-electron chi connectivity index (χ1n) is 11.3. The van der Waals surface area contributed by atoms with E-state index < -0.39 is 6.04 Å². The fourth-order valence-electron chi connectivity index (χ4n) is 4.73. The van der Waals surface area contributed by atoms with E-state index in [1.807, 2.05) is 19.1 Å². The van der Waals surface area contributed by atoms with Crippen molar-refractivity contribution < 1.29 is 19.5 Å². The van der Waals surface area contributed by atoms with Crippen LogP contribution < -0.4 is 10.2 Å². The topological polar surface area (TPSA) is 90.0 Å². The Balaban J connectivity index is 1.31. The fourth-order valence-corrected chi connectivity index (χ4v) is 4.73. The zero-order valence-corrected chi connectivity index (χ0v) is 18.8. The number of nitrogens with one attached hydrogen (secondary N) is 1. The molecule has 3 aromatic rings. The van der Waals surface area contributed by atoms with Crippen molar-refractivity contribution in [2.45, 2.75) is 13.0 Å². The Labute approximate surface area is 197 Å². The van der Waals surface area contributed by atoms with Gasteiger partial charge in [0.1, 0.15) is 5.75 Å². The van der Waals surface area contributed by atoms with Gasteiger partial charge in [-0.3, -0.25) is 19.3 Å². The average molecular weight is 456 g/mol. The molecule has 0 radical (unpaired) electrons. The second-order valence-corrected chi connectivity index (χ2v) is 8.61. The van der Waals surface area contributed by atoms with E-state index in [9.17, 15) is 19.5 Å². The molecule has 0 bridgehead atoms. The molecule has 0 spiro atoms. The van der Waals surface area contributed by atoms with Crippen LogP contribution in [0.2, 0.25) is 0 Å². The number of nitrogens with zero attached hydrogens (tertiary/aromatic N) is 2. The van der Waals surface area contributed by atoms with E-state index >= 15 is 0 Å². The highest BCUT2D eigenvalue weighted by Gasteiger charge is 2.33. The molecule has 7 heteroatoms. The van der Waals surface area contributed by atoms with Gasteiger partial charge in [0.2, 0.25) is 5.91 Å². The van der Waals surface area contributed by atoms with Crippen LogP contribution >= 0.6 is 0 Å². The summed E-state index contributed by atoms with van der Waals surface area (Å²) in [6.07, 6.45) is 0. The molecule has 1 unspecified atom stereocenters. The molecule has 7 nitrogen and oxygen atoms in total. The molecule has 3 aromatic carbocycles. The van der Waals surface area contributed by atoms with Gasteiger partial charge in [-0.25, -0.2) is 0 Å². The predicted octanol–water partition coefficient (Wildman–Crippen LogP) is 3.32. The number of hydrogen-bond donors (Lipinski definition) is 2. The van der Waals surface area contributed by atoms with E-state index in [2.05, 4.69) is 15.1 Å². The number of phenols is 1. The second kappa shape index (κ2) is 8.76. The van der Waals surface area contributed by atoms with Crippen molar-refractivity contribution in [2.24, 2.45) is 0 Å². The molecule has 172 valence electrons. The molecule has 0 aromatic heterocycles. The molecule has 1 fully saturated rings. The lowest BCUT2D eigenvalue weighted by Gasteiger charge is -2.38. The molecule has 1 atom stereocenters. The largest absolute Gasteiger partial charge is 0.506 e. The standard InChI is InChI=1S/C27H25N3O4/c1-17(29-13-15-30(16-14-29)22-11-4-5-12-23(22)31)27(34)28-21-10-6-9-20-24(21)26(33)19-8-3-2-7-18(19)25(20)32/h2-12,17,31H,13-16H2,1H3,(H,28,34). The van der Waals surface area contributed by atoms with Gasteiger partial charge in [-0.2, -0.15) is 0 Å². The number of piperazine rings is 1. The van der Waals surface area contributed by atoms with Crippen LogP contribution in [0.15, 0.2) is 66.7 Å². The third-order valence-electron chi connectivity index (χ3n) is 6.67. The molecule has 2 aliphatic rings. The Morgan fingerprint density at radius 3 is 2.15 bits per heavy atom. The summed E-state index contributed by atoms with van der Waals surface area (Å²) in [5.41, 5.74) is 2.45. The average Bonchev–Trinajstić information content (AvgIpc) is 2.87. The first-order valence-corrected chi connectivity index (χ1v) is 11.3. The Morgan fingerprint density at radius 2 is 1.44 bits per heavy atom. The summed E-state index contributed by atoms with van der Waals surface area (Å²) < 4.78 is 0. The molecule has 2 N–H and O–H groups in total. The minimum atomic E-state index is -0.427. The zero-order valence-electron chi connectivity index (χ0n) is 18.8. The summed E-state index contributed by atoms with van der Waals surface area (Å²) in [5.74, 6) is -0.459. The van der Waals surface area contributed by atoms with Crippen LogP contribution in [0.3, 0.4) is 0 Å². The van der Waals surface area contributed by atoms with Gasteiger partial charge in [-0.15, -0.1) is 0 Å². The number of hydrogen-bond acceptors (Lipinski definition) is 6. The molecule has 1 amide bonds. The van der Waals surface area contributed by atoms with Crippen LogP contribution in [-0.4, -0.2) is 59.7 Å². The number of carbonyl (C=O) groups excluding carboxylic acids is 3.